The molecule has 2 aliphatic heterocycles. The fourth-order valence-corrected chi connectivity index (χ4v) is 4.39. The molecule has 1 aromatic heterocycles. The molecular formula is C20H20ClFN4O3S. The van der Waals surface area contributed by atoms with Gasteiger partial charge in [0.25, 0.3) is 5.91 Å². The van der Waals surface area contributed by atoms with Crippen LogP contribution >= 0.6 is 22.9 Å². The largest absolute Gasteiger partial charge is 0.442 e. The first kappa shape index (κ1) is 20.6. The van der Waals surface area contributed by atoms with Crippen molar-refractivity contribution in [1.29, 1.82) is 0 Å². The number of rotatable bonds is 5. The van der Waals surface area contributed by atoms with E-state index in [1.807, 2.05) is 11.9 Å². The summed E-state index contributed by atoms with van der Waals surface area (Å²) in [6.07, 6.45) is -0.169. The van der Waals surface area contributed by atoms with Gasteiger partial charge in [-0.1, -0.05) is 11.6 Å². The Kier molecular flexibility index (Phi) is 5.92. The molecule has 1 fully saturated rings. The lowest BCUT2D eigenvalue weighted by Crippen LogP contribution is -2.34. The summed E-state index contributed by atoms with van der Waals surface area (Å²) in [5, 5.41) is 2.73. The number of anilines is 1. The van der Waals surface area contributed by atoms with Crippen LogP contribution in [0.2, 0.25) is 4.34 Å². The van der Waals surface area contributed by atoms with E-state index >= 15 is 0 Å². The lowest BCUT2D eigenvalue weighted by Gasteiger charge is -2.25. The quantitative estimate of drug-likeness (QED) is 0.757. The summed E-state index contributed by atoms with van der Waals surface area (Å²) in [6.45, 7) is 1.86. The number of hydrogen-bond acceptors (Lipinski definition) is 6. The second kappa shape index (κ2) is 8.61. The van der Waals surface area contributed by atoms with Crippen LogP contribution in [0.25, 0.3) is 0 Å². The third kappa shape index (κ3) is 4.27. The molecule has 0 saturated carbocycles. The summed E-state index contributed by atoms with van der Waals surface area (Å²) in [6, 6.07) is 7.91. The van der Waals surface area contributed by atoms with Crippen LogP contribution in [0.1, 0.15) is 21.7 Å². The molecule has 30 heavy (non-hydrogen) atoms. The summed E-state index contributed by atoms with van der Waals surface area (Å²) < 4.78 is 20.6. The lowest BCUT2D eigenvalue weighted by atomic mass is 10.1. The Morgan fingerprint density at radius 1 is 1.40 bits per heavy atom. The van der Waals surface area contributed by atoms with Crippen LogP contribution in [0.15, 0.2) is 35.3 Å². The van der Waals surface area contributed by atoms with Crippen molar-refractivity contribution in [2.45, 2.75) is 12.5 Å². The van der Waals surface area contributed by atoms with E-state index in [1.165, 1.54) is 22.3 Å². The average Bonchev–Trinajstić information content (AvgIpc) is 3.32. The molecule has 158 valence electrons. The molecule has 1 saturated heterocycles. The molecule has 2 aromatic rings. The van der Waals surface area contributed by atoms with Crippen molar-refractivity contribution in [3.05, 3.63) is 50.9 Å². The predicted molar refractivity (Wildman–Crippen MR) is 114 cm³/mol. The number of nitrogens with one attached hydrogen (secondary N) is 1. The zero-order chi connectivity index (χ0) is 21.3. The monoisotopic (exact) mass is 450 g/mol. The molecule has 4 rings (SSSR count). The van der Waals surface area contributed by atoms with Gasteiger partial charge in [-0.15, -0.1) is 11.3 Å². The number of nitrogens with zero attached hydrogens (tertiary/aromatic N) is 3. The summed E-state index contributed by atoms with van der Waals surface area (Å²) in [5.41, 5.74) is 0.811. The molecular weight excluding hydrogens is 431 g/mol. The lowest BCUT2D eigenvalue weighted by molar-refractivity contribution is 0.0920. The summed E-state index contributed by atoms with van der Waals surface area (Å²) in [4.78, 5) is 32.6. The van der Waals surface area contributed by atoms with E-state index in [0.29, 0.717) is 32.8 Å². The highest BCUT2D eigenvalue weighted by atomic mass is 35.5. The Hall–Kier alpha value is -2.65. The Morgan fingerprint density at radius 2 is 2.23 bits per heavy atom. The molecule has 0 aliphatic carbocycles. The van der Waals surface area contributed by atoms with Gasteiger partial charge in [0.15, 0.2) is 0 Å². The minimum Gasteiger partial charge on any atom is -0.442 e. The van der Waals surface area contributed by atoms with E-state index in [4.69, 9.17) is 16.3 Å². The Morgan fingerprint density at radius 3 is 2.93 bits per heavy atom. The van der Waals surface area contributed by atoms with Gasteiger partial charge in [-0.05, 0) is 36.8 Å². The van der Waals surface area contributed by atoms with Crippen LogP contribution in [-0.4, -0.2) is 62.1 Å². The first-order chi connectivity index (χ1) is 14.4. The first-order valence-electron chi connectivity index (χ1n) is 9.49. The third-order valence-corrected chi connectivity index (χ3v) is 6.17. The average molecular weight is 451 g/mol. The second-order valence-corrected chi connectivity index (χ2v) is 8.79. The van der Waals surface area contributed by atoms with Crippen molar-refractivity contribution in [1.82, 2.24) is 10.2 Å². The van der Waals surface area contributed by atoms with Crippen molar-refractivity contribution in [3.63, 3.8) is 0 Å². The smallest absolute Gasteiger partial charge is 0.414 e. The maximum Gasteiger partial charge on any atom is 0.414 e. The van der Waals surface area contributed by atoms with Gasteiger partial charge >= 0.3 is 6.09 Å². The standard InChI is InChI=1S/C20H20ClFN4O3S/c1-25-8-2-7-23-18(25)14-4-3-12(9-15(14)22)26-11-13(29-20(26)28)10-24-19(27)16-5-6-17(21)30-16/h3-6,9,13H,2,7-8,10-11H2,1H3,(H,24,27)/t13-/m0/s1. The van der Waals surface area contributed by atoms with Crippen LogP contribution < -0.4 is 10.2 Å². The number of ether oxygens (including phenoxy) is 1. The van der Waals surface area contributed by atoms with Crippen molar-refractivity contribution >= 4 is 46.5 Å². The SMILES string of the molecule is CN1CCCN=C1c1ccc(N2C[C@H](CNC(=O)c3ccc(Cl)s3)OC2=O)cc1F. The number of carbonyl (C=O) groups excluding carboxylic acids is 2. The number of carbonyl (C=O) groups is 2. The van der Waals surface area contributed by atoms with E-state index in [9.17, 15) is 14.0 Å². The molecule has 1 aromatic carbocycles. The van der Waals surface area contributed by atoms with E-state index in [-0.39, 0.29) is 19.0 Å². The third-order valence-electron chi connectivity index (χ3n) is 4.94. The van der Waals surface area contributed by atoms with Gasteiger partial charge in [-0.3, -0.25) is 14.7 Å². The molecule has 3 heterocycles. The van der Waals surface area contributed by atoms with Crippen LogP contribution in [-0.2, 0) is 4.74 Å². The van der Waals surface area contributed by atoms with E-state index < -0.39 is 18.0 Å². The molecule has 2 aliphatic rings. The zero-order valence-corrected chi connectivity index (χ0v) is 17.8. The number of hydrogen-bond donors (Lipinski definition) is 1. The molecule has 1 atom stereocenters. The van der Waals surface area contributed by atoms with Crippen molar-refractivity contribution in [2.24, 2.45) is 4.99 Å². The topological polar surface area (TPSA) is 74.2 Å². The molecule has 10 heteroatoms. The van der Waals surface area contributed by atoms with Crippen molar-refractivity contribution in [3.8, 4) is 0 Å². The van der Waals surface area contributed by atoms with Gasteiger partial charge in [-0.25, -0.2) is 9.18 Å². The Balaban J connectivity index is 1.41. The fraction of sp³-hybridized carbons (Fsp3) is 0.350. The molecule has 0 spiro atoms. The maximum atomic E-state index is 14.8. The predicted octanol–water partition coefficient (Wildman–Crippen LogP) is 3.38. The van der Waals surface area contributed by atoms with Gasteiger partial charge in [0.1, 0.15) is 17.8 Å². The van der Waals surface area contributed by atoms with E-state index in [1.54, 1.807) is 24.3 Å². The van der Waals surface area contributed by atoms with Crippen molar-refractivity contribution < 1.29 is 18.7 Å². The van der Waals surface area contributed by atoms with E-state index in [2.05, 4.69) is 10.3 Å². The first-order valence-corrected chi connectivity index (χ1v) is 10.7. The molecule has 0 unspecified atom stereocenters. The summed E-state index contributed by atoms with van der Waals surface area (Å²) >= 11 is 7.01. The number of thiophene rings is 1. The molecule has 1 N–H and O–H groups in total. The number of benzene rings is 1. The van der Waals surface area contributed by atoms with Gasteiger partial charge in [0.2, 0.25) is 0 Å². The summed E-state index contributed by atoms with van der Waals surface area (Å²) in [7, 11) is 1.88. The minimum absolute atomic E-state index is 0.152. The van der Waals surface area contributed by atoms with Gasteiger partial charge in [0.05, 0.1) is 33.6 Å². The zero-order valence-electron chi connectivity index (χ0n) is 16.2. The summed E-state index contributed by atoms with van der Waals surface area (Å²) in [5.74, 6) is -0.114. The molecule has 2 amide bonds. The fourth-order valence-electron chi connectivity index (χ4n) is 3.43. The number of aliphatic imine (C=N–C) groups is 1. The minimum atomic E-state index is -0.576. The van der Waals surface area contributed by atoms with Gasteiger partial charge in [0, 0.05) is 20.1 Å². The van der Waals surface area contributed by atoms with E-state index in [0.717, 1.165) is 13.0 Å². The van der Waals surface area contributed by atoms with Gasteiger partial charge < -0.3 is 15.0 Å². The molecule has 0 radical (unpaired) electrons. The number of halogens is 2. The highest BCUT2D eigenvalue weighted by Gasteiger charge is 2.33. The van der Waals surface area contributed by atoms with Gasteiger partial charge in [-0.2, -0.15) is 0 Å². The maximum absolute atomic E-state index is 14.8. The number of amides is 2. The second-order valence-electron chi connectivity index (χ2n) is 7.07. The highest BCUT2D eigenvalue weighted by Crippen LogP contribution is 2.25. The normalized spacial score (nSPS) is 19.0. The Bertz CT molecular complexity index is 1010. The Labute approximate surface area is 182 Å². The number of amidine groups is 1. The van der Waals surface area contributed by atoms with Crippen molar-refractivity contribution in [2.75, 3.05) is 38.1 Å². The van der Waals surface area contributed by atoms with Crippen LogP contribution in [0, 0.1) is 5.82 Å². The highest BCUT2D eigenvalue weighted by molar-refractivity contribution is 7.18. The molecule has 7 nitrogen and oxygen atoms in total. The van der Waals surface area contributed by atoms with Crippen LogP contribution in [0.3, 0.4) is 0 Å². The van der Waals surface area contributed by atoms with Crippen LogP contribution in [0.5, 0.6) is 0 Å². The van der Waals surface area contributed by atoms with Crippen LogP contribution in [0.4, 0.5) is 14.9 Å². The number of cyclic esters (lactones) is 1. The molecule has 0 bridgehead atoms.